The molecule has 0 bridgehead atoms. The molecule has 0 unspecified atom stereocenters. The number of halogens is 1. The number of piperazine rings is 1. The molecule has 186 valence electrons. The lowest BCUT2D eigenvalue weighted by Gasteiger charge is -2.38. The van der Waals surface area contributed by atoms with Gasteiger partial charge in [-0.05, 0) is 38.0 Å². The second kappa shape index (κ2) is 9.29. The number of anilines is 1. The van der Waals surface area contributed by atoms with Crippen molar-refractivity contribution in [2.24, 2.45) is 5.92 Å². The van der Waals surface area contributed by atoms with Gasteiger partial charge in [0.25, 0.3) is 5.56 Å². The standard InChI is InChI=1S/C23H27ClN6O4S/c1-15-22(31)26-14-21(27-15)28-6-4-16(5-7-28)23(32)29-8-10-30(11-9-29)35(33,34)17-2-3-18-19(24)13-25-20(18)12-17/h2-3,12-14,16,25H,4-11H2,1H3,(H,26,31). The Morgan fingerprint density at radius 3 is 2.46 bits per heavy atom. The lowest BCUT2D eigenvalue weighted by atomic mass is 9.95. The number of fused-ring (bicyclic) bond motifs is 1. The summed E-state index contributed by atoms with van der Waals surface area (Å²) >= 11 is 6.10. The van der Waals surface area contributed by atoms with Crippen LogP contribution >= 0.6 is 11.6 Å². The molecule has 0 saturated carbocycles. The highest BCUT2D eigenvalue weighted by molar-refractivity contribution is 7.89. The van der Waals surface area contributed by atoms with E-state index < -0.39 is 10.0 Å². The predicted molar refractivity (Wildman–Crippen MR) is 133 cm³/mol. The molecule has 2 fully saturated rings. The molecule has 35 heavy (non-hydrogen) atoms. The average Bonchev–Trinajstić information content (AvgIpc) is 3.25. The van der Waals surface area contributed by atoms with Crippen molar-refractivity contribution >= 4 is 44.3 Å². The van der Waals surface area contributed by atoms with Crippen LogP contribution in [-0.4, -0.2) is 77.8 Å². The van der Waals surface area contributed by atoms with Crippen LogP contribution in [0.5, 0.6) is 0 Å². The smallest absolute Gasteiger partial charge is 0.269 e. The number of amides is 1. The number of sulfonamides is 1. The van der Waals surface area contributed by atoms with E-state index in [1.807, 2.05) is 0 Å². The zero-order chi connectivity index (χ0) is 24.7. The first-order valence-electron chi connectivity index (χ1n) is 11.6. The number of hydrogen-bond donors (Lipinski definition) is 2. The molecule has 2 aliphatic heterocycles. The first-order valence-corrected chi connectivity index (χ1v) is 13.4. The normalized spacial score (nSPS) is 18.3. The molecular weight excluding hydrogens is 492 g/mol. The van der Waals surface area contributed by atoms with Crippen LogP contribution in [0.1, 0.15) is 18.5 Å². The van der Waals surface area contributed by atoms with E-state index in [9.17, 15) is 18.0 Å². The number of piperidine rings is 1. The van der Waals surface area contributed by atoms with Gasteiger partial charge in [-0.1, -0.05) is 11.6 Å². The first-order chi connectivity index (χ1) is 16.7. The van der Waals surface area contributed by atoms with Crippen molar-refractivity contribution in [2.45, 2.75) is 24.7 Å². The third kappa shape index (κ3) is 4.55. The van der Waals surface area contributed by atoms with Crippen LogP contribution in [-0.2, 0) is 14.8 Å². The van der Waals surface area contributed by atoms with Gasteiger partial charge in [-0.3, -0.25) is 9.59 Å². The lowest BCUT2D eigenvalue weighted by Crippen LogP contribution is -2.52. The Morgan fingerprint density at radius 2 is 1.77 bits per heavy atom. The van der Waals surface area contributed by atoms with Gasteiger partial charge in [0.05, 0.1) is 9.92 Å². The first kappa shape index (κ1) is 23.8. The number of aromatic amines is 2. The number of hydrogen-bond acceptors (Lipinski definition) is 6. The molecule has 2 aliphatic rings. The maximum absolute atomic E-state index is 13.2. The minimum atomic E-state index is -3.67. The molecule has 10 nitrogen and oxygen atoms in total. The van der Waals surface area contributed by atoms with Gasteiger partial charge in [0.2, 0.25) is 15.9 Å². The van der Waals surface area contributed by atoms with Crippen molar-refractivity contribution in [3.8, 4) is 0 Å². The monoisotopic (exact) mass is 518 g/mol. The van der Waals surface area contributed by atoms with Gasteiger partial charge < -0.3 is 19.8 Å². The summed E-state index contributed by atoms with van der Waals surface area (Å²) in [5, 5.41) is 1.32. The van der Waals surface area contributed by atoms with Crippen LogP contribution in [0, 0.1) is 12.8 Å². The molecule has 4 heterocycles. The van der Waals surface area contributed by atoms with Crippen molar-refractivity contribution in [1.82, 2.24) is 24.2 Å². The number of rotatable bonds is 4. The molecule has 5 rings (SSSR count). The molecule has 0 radical (unpaired) electrons. The Bertz CT molecular complexity index is 1420. The van der Waals surface area contributed by atoms with E-state index in [4.69, 9.17) is 11.6 Å². The van der Waals surface area contributed by atoms with Gasteiger partial charge >= 0.3 is 0 Å². The summed E-state index contributed by atoms with van der Waals surface area (Å²) in [4.78, 5) is 38.8. The van der Waals surface area contributed by atoms with Gasteiger partial charge in [0, 0.05) is 68.5 Å². The number of carbonyl (C=O) groups is 1. The van der Waals surface area contributed by atoms with E-state index in [1.165, 1.54) is 4.31 Å². The van der Waals surface area contributed by atoms with Crippen LogP contribution in [0.25, 0.3) is 10.9 Å². The van der Waals surface area contributed by atoms with Gasteiger partial charge in [0.1, 0.15) is 11.5 Å². The fourth-order valence-corrected chi connectivity index (χ4v) is 6.46. The Balaban J connectivity index is 1.18. The Hall–Kier alpha value is -2.89. The molecule has 0 aliphatic carbocycles. The van der Waals surface area contributed by atoms with E-state index >= 15 is 0 Å². The Labute approximate surface area is 207 Å². The quantitative estimate of drug-likeness (QED) is 0.544. The van der Waals surface area contributed by atoms with Crippen molar-refractivity contribution < 1.29 is 13.2 Å². The Morgan fingerprint density at radius 1 is 1.06 bits per heavy atom. The largest absolute Gasteiger partial charge is 0.360 e. The van der Waals surface area contributed by atoms with Gasteiger partial charge in [-0.15, -0.1) is 0 Å². The van der Waals surface area contributed by atoms with Gasteiger partial charge in [-0.2, -0.15) is 4.31 Å². The van der Waals surface area contributed by atoms with Gasteiger partial charge in [0.15, 0.2) is 0 Å². The summed E-state index contributed by atoms with van der Waals surface area (Å²) in [7, 11) is -3.67. The molecule has 12 heteroatoms. The van der Waals surface area contributed by atoms with E-state index in [0.717, 1.165) is 5.39 Å². The molecule has 3 aromatic rings. The van der Waals surface area contributed by atoms with Crippen LogP contribution in [0.2, 0.25) is 5.02 Å². The maximum Gasteiger partial charge on any atom is 0.269 e. The highest BCUT2D eigenvalue weighted by atomic mass is 35.5. The van der Waals surface area contributed by atoms with Crippen molar-refractivity contribution in [3.05, 3.63) is 51.7 Å². The fraction of sp³-hybridized carbons (Fsp3) is 0.435. The van der Waals surface area contributed by atoms with Crippen LogP contribution in [0.15, 0.2) is 40.3 Å². The number of nitrogens with one attached hydrogen (secondary N) is 2. The summed E-state index contributed by atoms with van der Waals surface area (Å²) in [5.41, 5.74) is 0.891. The summed E-state index contributed by atoms with van der Waals surface area (Å²) in [6, 6.07) is 4.87. The highest BCUT2D eigenvalue weighted by Crippen LogP contribution is 2.28. The number of nitrogens with zero attached hydrogens (tertiary/aromatic N) is 4. The number of H-pyrrole nitrogens is 2. The number of carbonyl (C=O) groups excluding carboxylic acids is 1. The predicted octanol–water partition coefficient (Wildman–Crippen LogP) is 1.96. The summed E-state index contributed by atoms with van der Waals surface area (Å²) in [6.45, 7) is 4.29. The number of aryl methyl sites for hydroxylation is 1. The molecule has 2 saturated heterocycles. The molecule has 0 spiro atoms. The maximum atomic E-state index is 13.2. The topological polar surface area (TPSA) is 122 Å². The molecule has 0 atom stereocenters. The molecule has 2 aromatic heterocycles. The molecule has 2 N–H and O–H groups in total. The van der Waals surface area contributed by atoms with E-state index in [2.05, 4.69) is 19.9 Å². The zero-order valence-electron chi connectivity index (χ0n) is 19.3. The lowest BCUT2D eigenvalue weighted by molar-refractivity contribution is -0.137. The van der Waals surface area contributed by atoms with E-state index in [0.29, 0.717) is 61.1 Å². The van der Waals surface area contributed by atoms with Crippen LogP contribution in [0.4, 0.5) is 5.82 Å². The Kier molecular flexibility index (Phi) is 6.32. The summed E-state index contributed by atoms with van der Waals surface area (Å²) < 4.78 is 27.8. The van der Waals surface area contributed by atoms with E-state index in [-0.39, 0.29) is 35.4 Å². The van der Waals surface area contributed by atoms with Gasteiger partial charge in [-0.25, -0.2) is 13.4 Å². The SMILES string of the molecule is Cc1nc(N2CCC(C(=O)N3CCN(S(=O)(=O)c4ccc5c(Cl)c[nH]c5c4)CC3)CC2)c[nH]c1=O. The third-order valence-electron chi connectivity index (χ3n) is 6.90. The van der Waals surface area contributed by atoms with E-state index in [1.54, 1.807) is 42.4 Å². The number of benzene rings is 1. The molecular formula is C23H27ClN6O4S. The van der Waals surface area contributed by atoms with Crippen molar-refractivity contribution in [2.75, 3.05) is 44.2 Å². The minimum Gasteiger partial charge on any atom is -0.360 e. The molecule has 1 amide bonds. The van der Waals surface area contributed by atoms with Crippen molar-refractivity contribution in [3.63, 3.8) is 0 Å². The van der Waals surface area contributed by atoms with Crippen molar-refractivity contribution in [1.29, 1.82) is 0 Å². The summed E-state index contributed by atoms with van der Waals surface area (Å²) in [6.07, 6.45) is 4.63. The highest BCUT2D eigenvalue weighted by Gasteiger charge is 2.34. The second-order valence-corrected chi connectivity index (χ2v) is 11.4. The number of aromatic nitrogens is 3. The minimum absolute atomic E-state index is 0.0785. The second-order valence-electron chi connectivity index (χ2n) is 9.01. The third-order valence-corrected chi connectivity index (χ3v) is 9.11. The van der Waals surface area contributed by atoms with Crippen LogP contribution in [0.3, 0.4) is 0 Å². The summed E-state index contributed by atoms with van der Waals surface area (Å²) in [5.74, 6) is 0.694. The zero-order valence-corrected chi connectivity index (χ0v) is 20.9. The average molecular weight is 519 g/mol. The fourth-order valence-electron chi connectivity index (χ4n) is 4.79. The molecule has 1 aromatic carbocycles. The van der Waals surface area contributed by atoms with Crippen LogP contribution < -0.4 is 10.5 Å².